The highest BCUT2D eigenvalue weighted by atomic mass is 35.5. The lowest BCUT2D eigenvalue weighted by Gasteiger charge is -2.25. The first-order valence-electron chi connectivity index (χ1n) is 9.68. The molecule has 0 atom stereocenters. The van der Waals surface area contributed by atoms with Crippen LogP contribution in [-0.4, -0.2) is 23.4 Å². The van der Waals surface area contributed by atoms with E-state index in [2.05, 4.69) is 0 Å². The quantitative estimate of drug-likeness (QED) is 0.205. The summed E-state index contributed by atoms with van der Waals surface area (Å²) in [6.45, 7) is 1.92. The maximum absolute atomic E-state index is 13.5. The SMILES string of the molecule is CCOC(=O)c1ccc(N(Cc2c(Cl)cccc2Cl)C(=O)c2ccc([N+](=O)[O-])cc2Cl)cc1. The first kappa shape index (κ1) is 24.5. The van der Waals surface area contributed by atoms with E-state index in [-0.39, 0.29) is 29.4 Å². The molecule has 33 heavy (non-hydrogen) atoms. The van der Waals surface area contributed by atoms with Gasteiger partial charge in [0, 0.05) is 33.4 Å². The maximum Gasteiger partial charge on any atom is 0.338 e. The Morgan fingerprint density at radius 3 is 2.15 bits per heavy atom. The summed E-state index contributed by atoms with van der Waals surface area (Å²) in [5.74, 6) is -1.02. The average Bonchev–Trinajstić information content (AvgIpc) is 2.79. The maximum atomic E-state index is 13.5. The smallest absolute Gasteiger partial charge is 0.338 e. The number of rotatable bonds is 7. The molecule has 0 aliphatic heterocycles. The highest BCUT2D eigenvalue weighted by molar-refractivity contribution is 6.36. The summed E-state index contributed by atoms with van der Waals surface area (Å²) < 4.78 is 4.99. The Labute approximate surface area is 204 Å². The third-order valence-electron chi connectivity index (χ3n) is 4.71. The Bertz CT molecular complexity index is 1190. The predicted molar refractivity (Wildman–Crippen MR) is 127 cm³/mol. The van der Waals surface area contributed by atoms with E-state index in [1.54, 1.807) is 37.3 Å². The van der Waals surface area contributed by atoms with E-state index in [0.29, 0.717) is 26.9 Å². The van der Waals surface area contributed by atoms with E-state index >= 15 is 0 Å². The predicted octanol–water partition coefficient (Wildman–Crippen LogP) is 6.58. The molecule has 3 rings (SSSR count). The average molecular weight is 508 g/mol. The van der Waals surface area contributed by atoms with Crippen molar-refractivity contribution in [1.29, 1.82) is 0 Å². The number of nitro benzene ring substituents is 1. The molecule has 3 aromatic carbocycles. The normalized spacial score (nSPS) is 10.5. The van der Waals surface area contributed by atoms with E-state index in [9.17, 15) is 19.7 Å². The molecule has 0 saturated carbocycles. The van der Waals surface area contributed by atoms with Gasteiger partial charge in [0.1, 0.15) is 0 Å². The van der Waals surface area contributed by atoms with Gasteiger partial charge in [-0.3, -0.25) is 14.9 Å². The lowest BCUT2D eigenvalue weighted by atomic mass is 10.1. The number of hydrogen-bond donors (Lipinski definition) is 0. The first-order chi connectivity index (χ1) is 15.7. The zero-order valence-corrected chi connectivity index (χ0v) is 19.5. The van der Waals surface area contributed by atoms with Gasteiger partial charge in [-0.1, -0.05) is 40.9 Å². The van der Waals surface area contributed by atoms with Crippen LogP contribution in [0.2, 0.25) is 15.1 Å². The summed E-state index contributed by atoms with van der Waals surface area (Å²) >= 11 is 18.8. The van der Waals surface area contributed by atoms with Crippen molar-refractivity contribution in [3.8, 4) is 0 Å². The van der Waals surface area contributed by atoms with Crippen molar-refractivity contribution < 1.29 is 19.2 Å². The number of non-ortho nitro benzene ring substituents is 1. The number of carbonyl (C=O) groups excluding carboxylic acids is 2. The number of esters is 1. The Morgan fingerprint density at radius 2 is 1.61 bits per heavy atom. The molecule has 1 amide bonds. The summed E-state index contributed by atoms with van der Waals surface area (Å²) in [6.07, 6.45) is 0. The zero-order chi connectivity index (χ0) is 24.1. The molecular weight excluding hydrogens is 491 g/mol. The molecule has 0 radical (unpaired) electrons. The number of anilines is 1. The van der Waals surface area contributed by atoms with Gasteiger partial charge in [0.15, 0.2) is 0 Å². The highest BCUT2D eigenvalue weighted by Gasteiger charge is 2.24. The molecular formula is C23H17Cl3N2O5. The lowest BCUT2D eigenvalue weighted by Crippen LogP contribution is -2.31. The molecule has 7 nitrogen and oxygen atoms in total. The summed E-state index contributed by atoms with van der Waals surface area (Å²) in [7, 11) is 0. The highest BCUT2D eigenvalue weighted by Crippen LogP contribution is 2.31. The van der Waals surface area contributed by atoms with Gasteiger partial charge in [0.05, 0.1) is 34.2 Å². The van der Waals surface area contributed by atoms with E-state index in [0.717, 1.165) is 6.07 Å². The largest absolute Gasteiger partial charge is 0.462 e. The molecule has 0 saturated heterocycles. The molecule has 0 aromatic heterocycles. The number of nitro groups is 1. The van der Waals surface area contributed by atoms with E-state index in [1.807, 2.05) is 0 Å². The Kier molecular flexibility index (Phi) is 7.92. The van der Waals surface area contributed by atoms with Crippen LogP contribution in [0, 0.1) is 10.1 Å². The number of hydrogen-bond acceptors (Lipinski definition) is 5. The van der Waals surface area contributed by atoms with Gasteiger partial charge in [-0.25, -0.2) is 4.79 Å². The van der Waals surface area contributed by atoms with Crippen molar-refractivity contribution in [2.24, 2.45) is 0 Å². The molecule has 0 heterocycles. The molecule has 0 spiro atoms. The van der Waals surface area contributed by atoms with Crippen molar-refractivity contribution in [2.75, 3.05) is 11.5 Å². The third-order valence-corrected chi connectivity index (χ3v) is 5.73. The number of amides is 1. The number of ether oxygens (including phenoxy) is 1. The second kappa shape index (κ2) is 10.7. The summed E-state index contributed by atoms with van der Waals surface area (Å²) in [5, 5.41) is 11.7. The van der Waals surface area contributed by atoms with Crippen molar-refractivity contribution in [1.82, 2.24) is 0 Å². The minimum atomic E-state index is -0.602. The van der Waals surface area contributed by atoms with Gasteiger partial charge in [0.25, 0.3) is 11.6 Å². The third kappa shape index (κ3) is 5.63. The van der Waals surface area contributed by atoms with Gasteiger partial charge in [-0.2, -0.15) is 0 Å². The van der Waals surface area contributed by atoms with E-state index in [4.69, 9.17) is 39.5 Å². The van der Waals surface area contributed by atoms with Crippen molar-refractivity contribution in [2.45, 2.75) is 13.5 Å². The molecule has 0 unspecified atom stereocenters. The standard InChI is InChI=1S/C23H17Cl3N2O5/c1-2-33-23(30)14-6-8-15(9-7-14)27(13-18-19(24)4-3-5-20(18)25)22(29)17-11-10-16(28(31)32)12-21(17)26/h3-12H,2,13H2,1H3. The number of benzene rings is 3. The molecule has 0 aliphatic rings. The molecule has 0 bridgehead atoms. The van der Waals surface area contributed by atoms with Crippen molar-refractivity contribution in [3.63, 3.8) is 0 Å². The molecule has 0 aliphatic carbocycles. The van der Waals surface area contributed by atoms with E-state index < -0.39 is 16.8 Å². The first-order valence-corrected chi connectivity index (χ1v) is 10.8. The number of nitrogens with zero attached hydrogens (tertiary/aromatic N) is 2. The number of carbonyl (C=O) groups is 2. The van der Waals surface area contributed by atoms with Crippen LogP contribution >= 0.6 is 34.8 Å². The van der Waals surface area contributed by atoms with Crippen LogP contribution in [0.25, 0.3) is 0 Å². The fraction of sp³-hybridized carbons (Fsp3) is 0.130. The zero-order valence-electron chi connectivity index (χ0n) is 17.3. The van der Waals surface area contributed by atoms with Crippen LogP contribution in [-0.2, 0) is 11.3 Å². The van der Waals surface area contributed by atoms with Crippen LogP contribution in [0.15, 0.2) is 60.7 Å². The summed E-state index contributed by atoms with van der Waals surface area (Å²) in [5.41, 5.74) is 1.06. The van der Waals surface area contributed by atoms with Crippen LogP contribution < -0.4 is 4.90 Å². The fourth-order valence-electron chi connectivity index (χ4n) is 3.05. The van der Waals surface area contributed by atoms with Crippen LogP contribution in [0.3, 0.4) is 0 Å². The van der Waals surface area contributed by atoms with Gasteiger partial charge in [-0.05, 0) is 49.4 Å². The molecule has 3 aromatic rings. The summed E-state index contributed by atoms with van der Waals surface area (Å²) in [6, 6.07) is 14.8. The topological polar surface area (TPSA) is 89.8 Å². The van der Waals surface area contributed by atoms with Gasteiger partial charge >= 0.3 is 5.97 Å². The monoisotopic (exact) mass is 506 g/mol. The molecule has 10 heteroatoms. The number of halogens is 3. The Balaban J connectivity index is 2.05. The van der Waals surface area contributed by atoms with Gasteiger partial charge in [-0.15, -0.1) is 0 Å². The van der Waals surface area contributed by atoms with Gasteiger partial charge in [0.2, 0.25) is 0 Å². The molecule has 170 valence electrons. The van der Waals surface area contributed by atoms with E-state index in [1.165, 1.54) is 29.2 Å². The van der Waals surface area contributed by atoms with Crippen LogP contribution in [0.1, 0.15) is 33.2 Å². The second-order valence-electron chi connectivity index (χ2n) is 6.78. The minimum absolute atomic E-state index is 0.0105. The molecule has 0 fully saturated rings. The lowest BCUT2D eigenvalue weighted by molar-refractivity contribution is -0.384. The van der Waals surface area contributed by atoms with Crippen LogP contribution in [0.4, 0.5) is 11.4 Å². The fourth-order valence-corrected chi connectivity index (χ4v) is 3.82. The van der Waals surface area contributed by atoms with Crippen LogP contribution in [0.5, 0.6) is 0 Å². The van der Waals surface area contributed by atoms with Crippen molar-refractivity contribution in [3.05, 3.63) is 103 Å². The van der Waals surface area contributed by atoms with Crippen molar-refractivity contribution >= 4 is 58.1 Å². The molecule has 0 N–H and O–H groups in total. The Morgan fingerprint density at radius 1 is 0.970 bits per heavy atom. The minimum Gasteiger partial charge on any atom is -0.462 e. The van der Waals surface area contributed by atoms with Gasteiger partial charge < -0.3 is 9.64 Å². The summed E-state index contributed by atoms with van der Waals surface area (Å²) in [4.78, 5) is 37.3. The Hall–Kier alpha value is -3.13. The second-order valence-corrected chi connectivity index (χ2v) is 8.00.